The fourth-order valence-corrected chi connectivity index (χ4v) is 7.87. The monoisotopic (exact) mass is 544 g/mol. The predicted molar refractivity (Wildman–Crippen MR) is 140 cm³/mol. The number of pyridine rings is 1. The van der Waals surface area contributed by atoms with Gasteiger partial charge < -0.3 is 14.7 Å². The Morgan fingerprint density at radius 3 is 2.72 bits per heavy atom. The molecule has 6 nitrogen and oxygen atoms in total. The van der Waals surface area contributed by atoms with Gasteiger partial charge in [-0.25, -0.2) is 0 Å². The maximum Gasteiger partial charge on any atom is 0.417 e. The molecule has 0 radical (unpaired) electrons. The standard InChI is InChI=1S/C30H39F3N4O2/c1-35-26-7-5-21(13-22(26)6-8-27(35)38)17-36-12-10-29(19-36,15-20-3-2-4-20)28(39)37-11-9-25-23(18-37)14-24(16-34-25)30(31,32)33/h6,8,14,16,20-22,26H,2-5,7,9-13,15,17-19H2,1H3. The summed E-state index contributed by atoms with van der Waals surface area (Å²) in [7, 11) is 1.91. The van der Waals surface area contributed by atoms with Crippen LogP contribution in [0.15, 0.2) is 24.4 Å². The van der Waals surface area contributed by atoms with Gasteiger partial charge in [0, 0.05) is 57.6 Å². The summed E-state index contributed by atoms with van der Waals surface area (Å²) < 4.78 is 40.0. The second-order valence-electron chi connectivity index (χ2n) is 12.8. The Bertz CT molecular complexity index is 1150. The lowest BCUT2D eigenvalue weighted by Crippen LogP contribution is -2.49. The van der Waals surface area contributed by atoms with Gasteiger partial charge in [-0.3, -0.25) is 14.6 Å². The molecule has 3 aliphatic heterocycles. The number of carbonyl (C=O) groups is 2. The van der Waals surface area contributed by atoms with Gasteiger partial charge in [-0.2, -0.15) is 13.2 Å². The Balaban J connectivity index is 1.14. The first-order valence-electron chi connectivity index (χ1n) is 14.6. The summed E-state index contributed by atoms with van der Waals surface area (Å²) in [5.41, 5.74) is 0.00298. The molecule has 0 bridgehead atoms. The van der Waals surface area contributed by atoms with Gasteiger partial charge in [0.2, 0.25) is 11.8 Å². The summed E-state index contributed by atoms with van der Waals surface area (Å²) in [5.74, 6) is 1.73. The van der Waals surface area contributed by atoms with E-state index >= 15 is 0 Å². The summed E-state index contributed by atoms with van der Waals surface area (Å²) in [6.45, 7) is 3.33. The zero-order valence-electron chi connectivity index (χ0n) is 22.8. The minimum absolute atomic E-state index is 0.0966. The second kappa shape index (κ2) is 10.2. The maximum absolute atomic E-state index is 14.2. The maximum atomic E-state index is 14.2. The molecule has 1 aromatic rings. The van der Waals surface area contributed by atoms with Crippen LogP contribution in [0.5, 0.6) is 0 Å². The van der Waals surface area contributed by atoms with E-state index in [1.165, 1.54) is 25.3 Å². The third kappa shape index (κ3) is 5.23. The number of hydrogen-bond acceptors (Lipinski definition) is 4. The molecule has 4 unspecified atom stereocenters. The SMILES string of the molecule is CN1C(=O)C=CC2CC(CN3CCC(CC4CCC4)(C(=O)N4CCc5ncc(C(F)(F)F)cc5C4)C3)CCC21. The van der Waals surface area contributed by atoms with E-state index in [0.717, 1.165) is 57.9 Å². The van der Waals surface area contributed by atoms with Gasteiger partial charge >= 0.3 is 6.18 Å². The molecule has 212 valence electrons. The smallest absolute Gasteiger partial charge is 0.339 e. The number of aromatic nitrogens is 1. The third-order valence-electron chi connectivity index (χ3n) is 10.3. The quantitative estimate of drug-likeness (QED) is 0.540. The molecule has 1 saturated heterocycles. The number of likely N-dealkylation sites (tertiary alicyclic amines) is 1. The Morgan fingerprint density at radius 2 is 1.97 bits per heavy atom. The molecular weight excluding hydrogens is 505 g/mol. The molecule has 2 amide bonds. The summed E-state index contributed by atoms with van der Waals surface area (Å²) >= 11 is 0. The van der Waals surface area contributed by atoms with Crippen molar-refractivity contribution in [2.24, 2.45) is 23.2 Å². The lowest BCUT2D eigenvalue weighted by molar-refractivity contribution is -0.144. The van der Waals surface area contributed by atoms with Gasteiger partial charge in [0.15, 0.2) is 0 Å². The number of fused-ring (bicyclic) bond motifs is 2. The van der Waals surface area contributed by atoms with Crippen molar-refractivity contribution in [1.82, 2.24) is 19.7 Å². The first kappa shape index (κ1) is 26.8. The minimum Gasteiger partial charge on any atom is -0.339 e. The highest BCUT2D eigenvalue weighted by molar-refractivity contribution is 5.88. The van der Waals surface area contributed by atoms with Crippen LogP contribution in [-0.4, -0.2) is 70.8 Å². The van der Waals surface area contributed by atoms with Gasteiger partial charge in [0.1, 0.15) is 0 Å². The second-order valence-corrected chi connectivity index (χ2v) is 12.8. The summed E-state index contributed by atoms with van der Waals surface area (Å²) in [6.07, 6.45) is 9.21. The Kier molecular flexibility index (Phi) is 7.01. The molecular formula is C30H39F3N4O2. The number of carbonyl (C=O) groups excluding carboxylic acids is 2. The lowest BCUT2D eigenvalue weighted by atomic mass is 9.70. The number of rotatable bonds is 5. The van der Waals surface area contributed by atoms with E-state index in [9.17, 15) is 22.8 Å². The van der Waals surface area contributed by atoms with Crippen molar-refractivity contribution in [2.75, 3.05) is 33.2 Å². The third-order valence-corrected chi connectivity index (χ3v) is 10.3. The van der Waals surface area contributed by atoms with E-state index in [-0.39, 0.29) is 18.4 Å². The molecule has 9 heteroatoms. The highest BCUT2D eigenvalue weighted by Crippen LogP contribution is 2.46. The van der Waals surface area contributed by atoms with Crippen LogP contribution in [0, 0.1) is 23.2 Å². The van der Waals surface area contributed by atoms with Crippen molar-refractivity contribution in [3.8, 4) is 0 Å². The highest BCUT2D eigenvalue weighted by atomic mass is 19.4. The number of hydrogen-bond donors (Lipinski definition) is 0. The molecule has 2 saturated carbocycles. The van der Waals surface area contributed by atoms with Crippen LogP contribution >= 0.6 is 0 Å². The van der Waals surface area contributed by atoms with E-state index in [4.69, 9.17) is 0 Å². The van der Waals surface area contributed by atoms with Gasteiger partial charge in [-0.05, 0) is 74.1 Å². The van der Waals surface area contributed by atoms with E-state index in [1.807, 2.05) is 16.8 Å². The predicted octanol–water partition coefficient (Wildman–Crippen LogP) is 4.68. The normalized spacial score (nSPS) is 31.7. The number of likely N-dealkylation sites (N-methyl/N-ethyl adjacent to an activating group) is 1. The Morgan fingerprint density at radius 1 is 1.15 bits per heavy atom. The fourth-order valence-electron chi connectivity index (χ4n) is 7.87. The largest absolute Gasteiger partial charge is 0.417 e. The van der Waals surface area contributed by atoms with Gasteiger partial charge in [0.25, 0.3) is 0 Å². The van der Waals surface area contributed by atoms with Crippen LogP contribution in [0.25, 0.3) is 0 Å². The van der Waals surface area contributed by atoms with Crippen LogP contribution in [-0.2, 0) is 28.7 Å². The number of nitrogens with zero attached hydrogens (tertiary/aromatic N) is 4. The zero-order chi connectivity index (χ0) is 27.4. The average molecular weight is 545 g/mol. The zero-order valence-corrected chi connectivity index (χ0v) is 22.8. The summed E-state index contributed by atoms with van der Waals surface area (Å²) in [5, 5.41) is 0. The Labute approximate surface area is 228 Å². The molecule has 4 atom stereocenters. The fraction of sp³-hybridized carbons (Fsp3) is 0.700. The van der Waals surface area contributed by atoms with Crippen LogP contribution in [0.3, 0.4) is 0 Å². The lowest BCUT2D eigenvalue weighted by Gasteiger charge is -2.43. The minimum atomic E-state index is -4.44. The van der Waals surface area contributed by atoms with Crippen LogP contribution in [0.1, 0.15) is 68.2 Å². The van der Waals surface area contributed by atoms with Gasteiger partial charge in [0.05, 0.1) is 11.0 Å². The van der Waals surface area contributed by atoms with Gasteiger partial charge in [-0.15, -0.1) is 0 Å². The van der Waals surface area contributed by atoms with Crippen molar-refractivity contribution in [1.29, 1.82) is 0 Å². The first-order chi connectivity index (χ1) is 18.6. The molecule has 6 rings (SSSR count). The molecule has 1 aromatic heterocycles. The molecule has 2 aliphatic carbocycles. The van der Waals surface area contributed by atoms with Crippen molar-refractivity contribution in [3.05, 3.63) is 41.2 Å². The molecule has 3 fully saturated rings. The number of amides is 2. The van der Waals surface area contributed by atoms with Crippen molar-refractivity contribution >= 4 is 11.8 Å². The van der Waals surface area contributed by atoms with Gasteiger partial charge in [-0.1, -0.05) is 25.3 Å². The molecule has 0 spiro atoms. The molecule has 39 heavy (non-hydrogen) atoms. The van der Waals surface area contributed by atoms with Crippen LogP contribution in [0.2, 0.25) is 0 Å². The van der Waals surface area contributed by atoms with E-state index in [0.29, 0.717) is 48.0 Å². The van der Waals surface area contributed by atoms with Crippen molar-refractivity contribution in [2.45, 2.75) is 76.6 Å². The summed E-state index contributed by atoms with van der Waals surface area (Å²) in [6, 6.07) is 1.48. The van der Waals surface area contributed by atoms with Crippen LogP contribution < -0.4 is 0 Å². The first-order valence-corrected chi connectivity index (χ1v) is 14.6. The van der Waals surface area contributed by atoms with Crippen molar-refractivity contribution in [3.63, 3.8) is 0 Å². The Hall–Kier alpha value is -2.42. The van der Waals surface area contributed by atoms with E-state index < -0.39 is 17.2 Å². The average Bonchev–Trinajstić information content (AvgIpc) is 3.30. The van der Waals surface area contributed by atoms with Crippen molar-refractivity contribution < 1.29 is 22.8 Å². The van der Waals surface area contributed by atoms with E-state index in [2.05, 4.69) is 16.0 Å². The van der Waals surface area contributed by atoms with Crippen LogP contribution in [0.4, 0.5) is 13.2 Å². The van der Waals surface area contributed by atoms with E-state index in [1.54, 1.807) is 6.08 Å². The highest BCUT2D eigenvalue weighted by Gasteiger charge is 2.49. The summed E-state index contributed by atoms with van der Waals surface area (Å²) in [4.78, 5) is 36.5. The topological polar surface area (TPSA) is 56.8 Å². The molecule has 5 aliphatic rings. The number of alkyl halides is 3. The number of halogens is 3. The molecule has 4 heterocycles. The molecule has 0 N–H and O–H groups in total. The molecule has 0 aromatic carbocycles.